The maximum atomic E-state index is 11.7. The summed E-state index contributed by atoms with van der Waals surface area (Å²) in [5.41, 5.74) is 6.32. The van der Waals surface area contributed by atoms with Gasteiger partial charge in [-0.1, -0.05) is 94.5 Å². The normalized spacial score (nSPS) is 22.8. The fourth-order valence-electron chi connectivity index (χ4n) is 7.49. The second kappa shape index (κ2) is 16.9. The average molecular weight is 559 g/mol. The zero-order chi connectivity index (χ0) is 28.9. The predicted molar refractivity (Wildman–Crippen MR) is 170 cm³/mol. The summed E-state index contributed by atoms with van der Waals surface area (Å²) in [6, 6.07) is 15.8. The molecule has 0 amide bonds. The van der Waals surface area contributed by atoms with Crippen LogP contribution >= 0.6 is 0 Å². The van der Waals surface area contributed by atoms with Crippen LogP contribution in [-0.2, 0) is 35.4 Å². The Hall–Kier alpha value is -2.39. The summed E-state index contributed by atoms with van der Waals surface area (Å²) in [5, 5.41) is 9.19. The van der Waals surface area contributed by atoms with Gasteiger partial charge in [-0.05, 0) is 116 Å². The van der Waals surface area contributed by atoms with Crippen LogP contribution in [0.2, 0.25) is 0 Å². The maximum absolute atomic E-state index is 11.7. The number of carbonyl (C=O) groups is 1. The Balaban J connectivity index is 1.24. The Morgan fingerprint density at radius 1 is 0.829 bits per heavy atom. The van der Waals surface area contributed by atoms with Crippen LogP contribution in [0.25, 0.3) is 0 Å². The van der Waals surface area contributed by atoms with Gasteiger partial charge in [-0.25, -0.2) is 4.79 Å². The molecule has 41 heavy (non-hydrogen) atoms. The Kier molecular flexibility index (Phi) is 13.0. The van der Waals surface area contributed by atoms with Crippen LogP contribution in [0.3, 0.4) is 0 Å². The van der Waals surface area contributed by atoms with Crippen LogP contribution in [0.5, 0.6) is 0 Å². The van der Waals surface area contributed by atoms with Crippen LogP contribution in [-0.4, -0.2) is 17.7 Å². The van der Waals surface area contributed by atoms with E-state index in [1.54, 1.807) is 0 Å². The molecule has 2 aromatic carbocycles. The highest BCUT2D eigenvalue weighted by Crippen LogP contribution is 2.44. The first-order valence-corrected chi connectivity index (χ1v) is 16.7. The van der Waals surface area contributed by atoms with E-state index in [9.17, 15) is 9.90 Å². The summed E-state index contributed by atoms with van der Waals surface area (Å²) in [4.78, 5) is 11.7. The van der Waals surface area contributed by atoms with E-state index in [0.717, 1.165) is 54.9 Å². The van der Waals surface area contributed by atoms with Crippen molar-refractivity contribution in [1.82, 2.24) is 0 Å². The fourth-order valence-corrected chi connectivity index (χ4v) is 7.49. The molecule has 0 spiro atoms. The number of unbranched alkanes of at least 4 members (excludes halogenated alkanes) is 2. The molecular formula is C38H54O3. The van der Waals surface area contributed by atoms with Gasteiger partial charge in [0.25, 0.3) is 0 Å². The van der Waals surface area contributed by atoms with Crippen molar-refractivity contribution >= 4 is 5.97 Å². The van der Waals surface area contributed by atoms with Crippen molar-refractivity contribution in [2.24, 2.45) is 17.8 Å². The quantitative estimate of drug-likeness (QED) is 0.135. The average Bonchev–Trinajstić information content (AvgIpc) is 3.03. The standard InChI is InChI=1S/C38H54O3/c1-3-5-6-8-29-10-16-32(17-11-29)34-22-24-35(25-23-34)33-18-12-30(13-19-33)14-20-36-21-15-31(9-7-26-39)27-37(36)28-41-38(40)4-2/h4,12-13,15,18-19,21,27,29,32,34-35,39H,2-3,5-11,14,16-17,20,22-26,28H2,1H3. The number of carbonyl (C=O) groups excluding carboxylic acids is 1. The van der Waals surface area contributed by atoms with Crippen LogP contribution < -0.4 is 0 Å². The van der Waals surface area contributed by atoms with Crippen molar-refractivity contribution in [3.63, 3.8) is 0 Å². The summed E-state index contributed by atoms with van der Waals surface area (Å²) in [6.07, 6.45) is 21.9. The number of hydrogen-bond acceptors (Lipinski definition) is 3. The molecular weight excluding hydrogens is 504 g/mol. The highest BCUT2D eigenvalue weighted by Gasteiger charge is 2.31. The summed E-state index contributed by atoms with van der Waals surface area (Å²) < 4.78 is 5.37. The van der Waals surface area contributed by atoms with E-state index in [-0.39, 0.29) is 13.2 Å². The van der Waals surface area contributed by atoms with Crippen molar-refractivity contribution in [2.75, 3.05) is 6.61 Å². The third kappa shape index (κ3) is 9.84. The molecule has 0 aliphatic heterocycles. The molecule has 3 heteroatoms. The van der Waals surface area contributed by atoms with Crippen molar-refractivity contribution in [2.45, 2.75) is 122 Å². The SMILES string of the molecule is C=CC(=O)OCc1cc(CCCO)ccc1CCc1ccc(C2CCC(C3CCC(CCCCC)CC3)CC2)cc1. The molecule has 0 atom stereocenters. The van der Waals surface area contributed by atoms with Gasteiger partial charge in [0, 0.05) is 12.7 Å². The Morgan fingerprint density at radius 3 is 2.17 bits per heavy atom. The molecule has 0 bridgehead atoms. The molecule has 0 heterocycles. The van der Waals surface area contributed by atoms with Gasteiger partial charge in [-0.3, -0.25) is 0 Å². The molecule has 3 nitrogen and oxygen atoms in total. The first kappa shape index (κ1) is 31.5. The van der Waals surface area contributed by atoms with Gasteiger partial charge in [0.05, 0.1) is 0 Å². The molecule has 0 unspecified atom stereocenters. The molecule has 4 rings (SSSR count). The number of aliphatic hydroxyl groups is 1. The molecule has 0 saturated heterocycles. The van der Waals surface area contributed by atoms with E-state index in [2.05, 4.69) is 56.0 Å². The molecule has 2 fully saturated rings. The largest absolute Gasteiger partial charge is 0.458 e. The minimum Gasteiger partial charge on any atom is -0.458 e. The summed E-state index contributed by atoms with van der Waals surface area (Å²) in [6.45, 7) is 6.26. The fraction of sp³-hybridized carbons (Fsp3) is 0.605. The van der Waals surface area contributed by atoms with E-state index in [1.165, 1.54) is 105 Å². The number of hydrogen-bond donors (Lipinski definition) is 1. The third-order valence-corrected chi connectivity index (χ3v) is 10.1. The van der Waals surface area contributed by atoms with Gasteiger partial charge < -0.3 is 9.84 Å². The summed E-state index contributed by atoms with van der Waals surface area (Å²) in [5.74, 6) is 3.31. The van der Waals surface area contributed by atoms with Crippen molar-refractivity contribution in [3.8, 4) is 0 Å². The van der Waals surface area contributed by atoms with Gasteiger partial charge in [-0.2, -0.15) is 0 Å². The van der Waals surface area contributed by atoms with E-state index in [4.69, 9.17) is 4.74 Å². The first-order chi connectivity index (χ1) is 20.1. The lowest BCUT2D eigenvalue weighted by Gasteiger charge is -2.38. The molecule has 2 saturated carbocycles. The number of ether oxygens (including phenoxy) is 1. The third-order valence-electron chi connectivity index (χ3n) is 10.1. The Morgan fingerprint density at radius 2 is 1.51 bits per heavy atom. The lowest BCUT2D eigenvalue weighted by atomic mass is 9.68. The van der Waals surface area contributed by atoms with Crippen LogP contribution in [0.4, 0.5) is 0 Å². The zero-order valence-corrected chi connectivity index (χ0v) is 25.6. The zero-order valence-electron chi connectivity index (χ0n) is 25.6. The number of rotatable bonds is 15. The minimum atomic E-state index is -0.397. The Bertz CT molecular complexity index is 1060. The summed E-state index contributed by atoms with van der Waals surface area (Å²) in [7, 11) is 0. The van der Waals surface area contributed by atoms with Gasteiger partial charge in [0.1, 0.15) is 6.61 Å². The molecule has 224 valence electrons. The highest BCUT2D eigenvalue weighted by atomic mass is 16.5. The maximum Gasteiger partial charge on any atom is 0.330 e. The van der Waals surface area contributed by atoms with Gasteiger partial charge in [0.15, 0.2) is 0 Å². The molecule has 1 N–H and O–H groups in total. The van der Waals surface area contributed by atoms with Crippen LogP contribution in [0, 0.1) is 17.8 Å². The van der Waals surface area contributed by atoms with Gasteiger partial charge in [-0.15, -0.1) is 0 Å². The highest BCUT2D eigenvalue weighted by molar-refractivity contribution is 5.81. The smallest absolute Gasteiger partial charge is 0.330 e. The van der Waals surface area contributed by atoms with Crippen molar-refractivity contribution in [3.05, 3.63) is 82.9 Å². The lowest BCUT2D eigenvalue weighted by Crippen LogP contribution is -2.25. The molecule has 2 aromatic rings. The van der Waals surface area contributed by atoms with Gasteiger partial charge in [0.2, 0.25) is 0 Å². The monoisotopic (exact) mass is 558 g/mol. The van der Waals surface area contributed by atoms with Crippen LogP contribution in [0.15, 0.2) is 55.1 Å². The minimum absolute atomic E-state index is 0.181. The van der Waals surface area contributed by atoms with Crippen molar-refractivity contribution < 1.29 is 14.6 Å². The number of benzene rings is 2. The molecule has 2 aliphatic rings. The van der Waals surface area contributed by atoms with E-state index in [0.29, 0.717) is 0 Å². The van der Waals surface area contributed by atoms with Gasteiger partial charge >= 0.3 is 5.97 Å². The Labute approximate surface area is 249 Å². The lowest BCUT2D eigenvalue weighted by molar-refractivity contribution is -0.139. The summed E-state index contributed by atoms with van der Waals surface area (Å²) >= 11 is 0. The number of aryl methyl sites for hydroxylation is 3. The van der Waals surface area contributed by atoms with E-state index in [1.807, 2.05) is 0 Å². The topological polar surface area (TPSA) is 46.5 Å². The van der Waals surface area contributed by atoms with E-state index >= 15 is 0 Å². The second-order valence-corrected chi connectivity index (χ2v) is 12.9. The van der Waals surface area contributed by atoms with E-state index < -0.39 is 5.97 Å². The first-order valence-electron chi connectivity index (χ1n) is 16.7. The second-order valence-electron chi connectivity index (χ2n) is 12.9. The van der Waals surface area contributed by atoms with Crippen LogP contribution in [0.1, 0.15) is 124 Å². The molecule has 0 radical (unpaired) electrons. The number of esters is 1. The predicted octanol–water partition coefficient (Wildman–Crippen LogP) is 9.29. The van der Waals surface area contributed by atoms with Crippen molar-refractivity contribution in [1.29, 1.82) is 0 Å². The molecule has 2 aliphatic carbocycles. The molecule has 0 aromatic heterocycles. The number of aliphatic hydroxyl groups excluding tert-OH is 1.